The number of hydrogen-bond acceptors (Lipinski definition) is 7. The smallest absolute Gasteiger partial charge is 0.258 e. The van der Waals surface area contributed by atoms with Gasteiger partial charge in [0.15, 0.2) is 5.16 Å². The summed E-state index contributed by atoms with van der Waals surface area (Å²) < 4.78 is 14.1. The van der Waals surface area contributed by atoms with Crippen molar-refractivity contribution in [3.8, 4) is 6.07 Å². The molecule has 4 aromatic rings. The fraction of sp³-hybridized carbons (Fsp3) is 0.103. The molecule has 0 bridgehead atoms. The topological polar surface area (TPSA) is 128 Å². The van der Waals surface area contributed by atoms with E-state index < -0.39 is 16.9 Å². The van der Waals surface area contributed by atoms with Gasteiger partial charge in [-0.15, -0.1) is 0 Å². The van der Waals surface area contributed by atoms with E-state index in [0.29, 0.717) is 16.8 Å². The van der Waals surface area contributed by atoms with Gasteiger partial charge >= 0.3 is 0 Å². The molecule has 192 valence electrons. The number of para-hydroxylation sites is 1. The van der Waals surface area contributed by atoms with Crippen molar-refractivity contribution in [3.63, 3.8) is 0 Å². The average Bonchev–Trinajstić information content (AvgIpc) is 3.17. The fourth-order valence-electron chi connectivity index (χ4n) is 5.24. The summed E-state index contributed by atoms with van der Waals surface area (Å²) in [5.74, 6) is -0.580. The van der Waals surface area contributed by atoms with Crippen LogP contribution < -0.4 is 21.5 Å². The zero-order valence-corrected chi connectivity index (χ0v) is 21.3. The van der Waals surface area contributed by atoms with Crippen molar-refractivity contribution in [3.05, 3.63) is 129 Å². The number of rotatable bonds is 5. The maximum absolute atomic E-state index is 14.4. The summed E-state index contributed by atoms with van der Waals surface area (Å²) >= 11 is 1.14. The van der Waals surface area contributed by atoms with Gasteiger partial charge in [0.2, 0.25) is 5.91 Å². The molecule has 4 N–H and O–H groups in total. The van der Waals surface area contributed by atoms with Gasteiger partial charge in [0.05, 0.1) is 17.7 Å². The van der Waals surface area contributed by atoms with Crippen LogP contribution in [0.4, 0.5) is 15.9 Å². The first-order valence-corrected chi connectivity index (χ1v) is 13.1. The summed E-state index contributed by atoms with van der Waals surface area (Å²) in [5.41, 5.74) is 6.29. The standard InChI is InChI=1S/C29H21FN6O2S/c30-21-12-6-4-10-18(21)16-39-28-34-25-23(26(37)35-28)29(20(14-31)24(32)33-25)19-11-5-7-13-22(19)36(27(29)38)15-17-8-2-1-3-9-17/h1-13H,15-16,32H2,(H2,33,34,35,37)/t29-/m0/s1. The number of nitrogens with two attached hydrogens (primary N) is 1. The quantitative estimate of drug-likeness (QED) is 0.258. The minimum atomic E-state index is -1.78. The van der Waals surface area contributed by atoms with Crippen LogP contribution in [-0.2, 0) is 22.5 Å². The molecule has 0 saturated heterocycles. The number of halogens is 1. The summed E-state index contributed by atoms with van der Waals surface area (Å²) in [6.07, 6.45) is 0. The molecule has 3 aromatic carbocycles. The maximum Gasteiger partial charge on any atom is 0.258 e. The van der Waals surface area contributed by atoms with Crippen molar-refractivity contribution in [2.75, 3.05) is 10.2 Å². The maximum atomic E-state index is 14.4. The lowest BCUT2D eigenvalue weighted by molar-refractivity contribution is -0.120. The second kappa shape index (κ2) is 9.45. The largest absolute Gasteiger partial charge is 0.384 e. The monoisotopic (exact) mass is 536 g/mol. The third-order valence-corrected chi connectivity index (χ3v) is 7.87. The first-order chi connectivity index (χ1) is 18.9. The third kappa shape index (κ3) is 3.78. The highest BCUT2D eigenvalue weighted by Crippen LogP contribution is 2.53. The Bertz CT molecular complexity index is 1760. The van der Waals surface area contributed by atoms with Crippen LogP contribution in [0.15, 0.2) is 100 Å². The number of hydrogen-bond donors (Lipinski definition) is 3. The number of anilines is 2. The molecule has 0 unspecified atom stereocenters. The minimum Gasteiger partial charge on any atom is -0.384 e. The van der Waals surface area contributed by atoms with E-state index in [1.165, 1.54) is 6.07 Å². The van der Waals surface area contributed by atoms with Crippen LogP contribution in [0.2, 0.25) is 0 Å². The molecule has 0 saturated carbocycles. The molecule has 1 aromatic heterocycles. The number of aromatic nitrogens is 2. The fourth-order valence-corrected chi connectivity index (χ4v) is 6.09. The number of H-pyrrole nitrogens is 1. The van der Waals surface area contributed by atoms with E-state index in [0.717, 1.165) is 17.3 Å². The van der Waals surface area contributed by atoms with Crippen LogP contribution in [0, 0.1) is 17.1 Å². The normalized spacial score (nSPS) is 17.5. The summed E-state index contributed by atoms with van der Waals surface area (Å²) in [4.78, 5) is 37.1. The van der Waals surface area contributed by atoms with Gasteiger partial charge in [-0.25, -0.2) is 9.37 Å². The van der Waals surface area contributed by atoms with E-state index >= 15 is 0 Å². The van der Waals surface area contributed by atoms with Crippen molar-refractivity contribution in [2.24, 2.45) is 5.73 Å². The Labute approximate surface area is 227 Å². The van der Waals surface area contributed by atoms with E-state index in [9.17, 15) is 19.2 Å². The van der Waals surface area contributed by atoms with Crippen LogP contribution in [0.1, 0.15) is 22.3 Å². The third-order valence-electron chi connectivity index (χ3n) is 6.95. The van der Waals surface area contributed by atoms with Crippen LogP contribution in [0.25, 0.3) is 0 Å². The van der Waals surface area contributed by atoms with Crippen molar-refractivity contribution >= 4 is 29.2 Å². The first kappa shape index (κ1) is 24.5. The summed E-state index contributed by atoms with van der Waals surface area (Å²) in [7, 11) is 0. The highest BCUT2D eigenvalue weighted by molar-refractivity contribution is 7.98. The van der Waals surface area contributed by atoms with Gasteiger partial charge in [-0.05, 0) is 23.3 Å². The zero-order chi connectivity index (χ0) is 27.1. The molecule has 8 nitrogen and oxygen atoms in total. The van der Waals surface area contributed by atoms with Gasteiger partial charge in [-0.1, -0.05) is 78.5 Å². The van der Waals surface area contributed by atoms with Crippen molar-refractivity contribution in [1.82, 2.24) is 9.97 Å². The Kier molecular flexibility index (Phi) is 5.93. The lowest BCUT2D eigenvalue weighted by atomic mass is 9.69. The number of nitriles is 1. The second-order valence-corrected chi connectivity index (χ2v) is 10.1. The molecule has 0 radical (unpaired) electrons. The number of nitrogens with zero attached hydrogens (tertiary/aromatic N) is 3. The lowest BCUT2D eigenvalue weighted by Gasteiger charge is -2.34. The average molecular weight is 537 g/mol. The van der Waals surface area contributed by atoms with E-state index in [1.807, 2.05) is 30.3 Å². The number of carbonyl (C=O) groups is 1. The summed E-state index contributed by atoms with van der Waals surface area (Å²) in [6.45, 7) is 0.238. The molecule has 6 rings (SSSR count). The number of fused-ring (bicyclic) bond motifs is 4. The number of carbonyl (C=O) groups excluding carboxylic acids is 1. The number of nitrogens with one attached hydrogen (secondary N) is 2. The van der Waals surface area contributed by atoms with Crippen molar-refractivity contribution in [1.29, 1.82) is 5.26 Å². The SMILES string of the molecule is N#CC1=C(N)Nc2nc(SCc3ccccc3F)[nH]c(=O)c2[C@@]12C(=O)N(Cc1ccccc1)c1ccccc12. The molecule has 2 aliphatic heterocycles. The molecule has 2 aliphatic rings. The molecule has 39 heavy (non-hydrogen) atoms. The lowest BCUT2D eigenvalue weighted by Crippen LogP contribution is -2.49. The Morgan fingerprint density at radius 2 is 1.74 bits per heavy atom. The van der Waals surface area contributed by atoms with Gasteiger partial charge in [-0.3, -0.25) is 9.59 Å². The van der Waals surface area contributed by atoms with Crippen LogP contribution in [-0.4, -0.2) is 15.9 Å². The molecule has 1 spiro atoms. The zero-order valence-electron chi connectivity index (χ0n) is 20.4. The van der Waals surface area contributed by atoms with Gasteiger partial charge < -0.3 is 20.9 Å². The summed E-state index contributed by atoms with van der Waals surface area (Å²) in [6, 6.07) is 25.0. The molecule has 1 amide bonds. The Morgan fingerprint density at radius 1 is 1.03 bits per heavy atom. The van der Waals surface area contributed by atoms with Crippen LogP contribution in [0.3, 0.4) is 0 Å². The van der Waals surface area contributed by atoms with Crippen molar-refractivity contribution in [2.45, 2.75) is 22.9 Å². The Morgan fingerprint density at radius 3 is 2.51 bits per heavy atom. The highest BCUT2D eigenvalue weighted by atomic mass is 32.2. The molecular weight excluding hydrogens is 515 g/mol. The minimum absolute atomic E-state index is 0.00324. The predicted molar refractivity (Wildman–Crippen MR) is 146 cm³/mol. The molecule has 3 heterocycles. The molecule has 0 aliphatic carbocycles. The summed E-state index contributed by atoms with van der Waals surface area (Å²) in [5, 5.41) is 13.3. The van der Waals surface area contributed by atoms with Crippen LogP contribution in [0.5, 0.6) is 0 Å². The Balaban J connectivity index is 1.50. The second-order valence-electron chi connectivity index (χ2n) is 9.14. The molecular formula is C29H21FN6O2S. The predicted octanol–water partition coefficient (Wildman–Crippen LogP) is 4.15. The van der Waals surface area contributed by atoms with E-state index in [2.05, 4.69) is 21.4 Å². The highest BCUT2D eigenvalue weighted by Gasteiger charge is 2.60. The molecule has 1 atom stereocenters. The van der Waals surface area contributed by atoms with Gasteiger partial charge in [0, 0.05) is 17.0 Å². The molecule has 0 fully saturated rings. The molecule has 10 heteroatoms. The van der Waals surface area contributed by atoms with Gasteiger partial charge in [0.25, 0.3) is 5.56 Å². The number of aromatic amines is 1. The van der Waals surface area contributed by atoms with E-state index in [4.69, 9.17) is 5.73 Å². The number of benzene rings is 3. The van der Waals surface area contributed by atoms with Gasteiger partial charge in [-0.2, -0.15) is 5.26 Å². The Hall–Kier alpha value is -4.88. The van der Waals surface area contributed by atoms with Crippen LogP contribution >= 0.6 is 11.8 Å². The number of thioether (sulfide) groups is 1. The van der Waals surface area contributed by atoms with E-state index in [1.54, 1.807) is 47.4 Å². The van der Waals surface area contributed by atoms with E-state index in [-0.39, 0.29) is 46.0 Å². The van der Waals surface area contributed by atoms with Crippen molar-refractivity contribution < 1.29 is 9.18 Å². The first-order valence-electron chi connectivity index (χ1n) is 12.1. The number of amides is 1. The van der Waals surface area contributed by atoms with Gasteiger partial charge in [0.1, 0.15) is 28.9 Å².